The molecule has 2 aliphatic rings. The van der Waals surface area contributed by atoms with Crippen LogP contribution in [0.25, 0.3) is 0 Å². The van der Waals surface area contributed by atoms with Crippen LogP contribution in [0.2, 0.25) is 0 Å². The van der Waals surface area contributed by atoms with Gasteiger partial charge in [0.25, 0.3) is 5.91 Å². The molecule has 2 fully saturated rings. The number of likely N-dealkylation sites (tertiary alicyclic amines) is 2. The molecule has 8 heteroatoms. The number of carbonyl (C=O) groups excluding carboxylic acids is 2. The fourth-order valence-corrected chi connectivity index (χ4v) is 4.36. The molecule has 0 N–H and O–H groups in total. The van der Waals surface area contributed by atoms with E-state index in [0.29, 0.717) is 38.3 Å². The van der Waals surface area contributed by atoms with Crippen molar-refractivity contribution in [2.24, 2.45) is 5.41 Å². The van der Waals surface area contributed by atoms with Gasteiger partial charge in [0.2, 0.25) is 5.91 Å². The molecule has 2 saturated heterocycles. The minimum Gasteiger partial charge on any atom is -0.337 e. The molecule has 0 bridgehead atoms. The Hall–Kier alpha value is -2.35. The third-order valence-electron chi connectivity index (χ3n) is 4.93. The van der Waals surface area contributed by atoms with Crippen molar-refractivity contribution in [1.29, 1.82) is 0 Å². The van der Waals surface area contributed by atoms with Crippen molar-refractivity contribution >= 4 is 23.2 Å². The summed E-state index contributed by atoms with van der Waals surface area (Å²) in [7, 11) is 0. The average molecular weight is 357 g/mol. The fourth-order valence-electron chi connectivity index (χ4n) is 3.76. The lowest BCUT2D eigenvalue weighted by Gasteiger charge is -2.23. The first-order chi connectivity index (χ1) is 12.0. The molecule has 2 aromatic heterocycles. The average Bonchev–Trinajstić information content (AvgIpc) is 3.29. The Labute approximate surface area is 149 Å². The van der Waals surface area contributed by atoms with Gasteiger partial charge < -0.3 is 9.80 Å². The summed E-state index contributed by atoms with van der Waals surface area (Å²) in [5.41, 5.74) is 1.16. The number of rotatable bonds is 3. The van der Waals surface area contributed by atoms with E-state index in [2.05, 4.69) is 15.0 Å². The van der Waals surface area contributed by atoms with Crippen LogP contribution in [-0.4, -0.2) is 56.2 Å². The molecule has 4 rings (SSSR count). The van der Waals surface area contributed by atoms with Crippen molar-refractivity contribution in [3.63, 3.8) is 0 Å². The zero-order chi connectivity index (χ0) is 17.4. The lowest BCUT2D eigenvalue weighted by Crippen LogP contribution is -2.34. The van der Waals surface area contributed by atoms with E-state index in [1.807, 2.05) is 17.2 Å². The molecule has 1 spiro atoms. The molecule has 7 nitrogen and oxygen atoms in total. The van der Waals surface area contributed by atoms with Gasteiger partial charge in [-0.2, -0.15) is 0 Å². The van der Waals surface area contributed by atoms with Crippen LogP contribution in [0.4, 0.5) is 0 Å². The standard InChI is InChI=1S/C17H19N5O2S/c1-12-20-13(9-25-12)8-22-11-17(6-15(22)23)2-5-21(10-17)16(24)14-7-18-3-4-19-14/h3-4,7,9H,2,5-6,8,10-11H2,1H3. The third kappa shape index (κ3) is 3.13. The molecule has 130 valence electrons. The van der Waals surface area contributed by atoms with Gasteiger partial charge in [-0.05, 0) is 13.3 Å². The topological polar surface area (TPSA) is 79.3 Å². The summed E-state index contributed by atoms with van der Waals surface area (Å²) in [4.78, 5) is 41.2. The minimum atomic E-state index is -0.139. The molecule has 25 heavy (non-hydrogen) atoms. The smallest absolute Gasteiger partial charge is 0.274 e. The fraction of sp³-hybridized carbons (Fsp3) is 0.471. The van der Waals surface area contributed by atoms with Crippen LogP contribution >= 0.6 is 11.3 Å². The first kappa shape index (κ1) is 16.1. The number of amides is 2. The van der Waals surface area contributed by atoms with Gasteiger partial charge in [0, 0.05) is 49.2 Å². The second-order valence-electron chi connectivity index (χ2n) is 6.85. The van der Waals surface area contributed by atoms with Crippen LogP contribution < -0.4 is 0 Å². The Kier molecular flexibility index (Phi) is 3.99. The first-order valence-corrected chi connectivity index (χ1v) is 9.17. The van der Waals surface area contributed by atoms with Gasteiger partial charge in [0.1, 0.15) is 5.69 Å². The molecular weight excluding hydrogens is 338 g/mol. The summed E-state index contributed by atoms with van der Waals surface area (Å²) in [5.74, 6) is 0.0467. The highest BCUT2D eigenvalue weighted by Crippen LogP contribution is 2.41. The van der Waals surface area contributed by atoms with E-state index in [9.17, 15) is 9.59 Å². The van der Waals surface area contributed by atoms with Crippen molar-refractivity contribution in [3.8, 4) is 0 Å². The molecule has 0 radical (unpaired) electrons. The molecule has 0 aliphatic carbocycles. The van der Waals surface area contributed by atoms with E-state index in [0.717, 1.165) is 17.1 Å². The predicted octanol–water partition coefficient (Wildman–Crippen LogP) is 1.51. The van der Waals surface area contributed by atoms with Crippen LogP contribution in [0.1, 0.15) is 34.0 Å². The zero-order valence-electron chi connectivity index (χ0n) is 14.0. The minimum absolute atomic E-state index is 0.106. The second-order valence-corrected chi connectivity index (χ2v) is 7.91. The summed E-state index contributed by atoms with van der Waals surface area (Å²) < 4.78 is 0. The summed E-state index contributed by atoms with van der Waals surface area (Å²) >= 11 is 1.60. The Morgan fingerprint density at radius 3 is 2.96 bits per heavy atom. The van der Waals surface area contributed by atoms with Gasteiger partial charge in [-0.3, -0.25) is 14.6 Å². The highest BCUT2D eigenvalue weighted by atomic mass is 32.1. The van der Waals surface area contributed by atoms with Gasteiger partial charge in [-0.25, -0.2) is 9.97 Å². The highest BCUT2D eigenvalue weighted by molar-refractivity contribution is 7.09. The number of hydrogen-bond donors (Lipinski definition) is 0. The molecule has 4 heterocycles. The summed E-state index contributed by atoms with van der Waals surface area (Å²) in [6.45, 7) is 4.47. The van der Waals surface area contributed by atoms with E-state index < -0.39 is 0 Å². The van der Waals surface area contributed by atoms with E-state index in [-0.39, 0.29) is 17.2 Å². The van der Waals surface area contributed by atoms with Crippen molar-refractivity contribution in [2.75, 3.05) is 19.6 Å². The number of carbonyl (C=O) groups is 2. The van der Waals surface area contributed by atoms with Gasteiger partial charge in [0.05, 0.1) is 23.4 Å². The first-order valence-electron chi connectivity index (χ1n) is 8.29. The van der Waals surface area contributed by atoms with Crippen molar-refractivity contribution in [1.82, 2.24) is 24.8 Å². The van der Waals surface area contributed by atoms with Crippen molar-refractivity contribution < 1.29 is 9.59 Å². The maximum Gasteiger partial charge on any atom is 0.274 e. The van der Waals surface area contributed by atoms with E-state index in [1.54, 1.807) is 22.4 Å². The normalized spacial score (nSPS) is 23.0. The highest BCUT2D eigenvalue weighted by Gasteiger charge is 2.48. The number of aromatic nitrogens is 3. The summed E-state index contributed by atoms with van der Waals surface area (Å²) in [5, 5.41) is 3.02. The summed E-state index contributed by atoms with van der Waals surface area (Å²) in [6.07, 6.45) is 5.91. The Bertz CT molecular complexity index is 808. The predicted molar refractivity (Wildman–Crippen MR) is 91.9 cm³/mol. The zero-order valence-corrected chi connectivity index (χ0v) is 14.8. The lowest BCUT2D eigenvalue weighted by molar-refractivity contribution is -0.128. The van der Waals surface area contributed by atoms with Crippen LogP contribution in [-0.2, 0) is 11.3 Å². The Balaban J connectivity index is 1.43. The Morgan fingerprint density at radius 2 is 2.24 bits per heavy atom. The number of aryl methyl sites for hydroxylation is 1. The van der Waals surface area contributed by atoms with Gasteiger partial charge >= 0.3 is 0 Å². The lowest BCUT2D eigenvalue weighted by atomic mass is 9.86. The molecule has 1 atom stereocenters. The van der Waals surface area contributed by atoms with Crippen molar-refractivity contribution in [2.45, 2.75) is 26.3 Å². The SMILES string of the molecule is Cc1nc(CN2CC3(CCN(C(=O)c4cnccn4)C3)CC2=O)cs1. The van der Waals surface area contributed by atoms with Gasteiger partial charge in [-0.15, -0.1) is 11.3 Å². The molecular formula is C17H19N5O2S. The van der Waals surface area contributed by atoms with Crippen LogP contribution in [0.5, 0.6) is 0 Å². The Morgan fingerprint density at radius 1 is 1.36 bits per heavy atom. The van der Waals surface area contributed by atoms with E-state index in [4.69, 9.17) is 0 Å². The molecule has 1 unspecified atom stereocenters. The van der Waals surface area contributed by atoms with Crippen LogP contribution in [0.15, 0.2) is 24.0 Å². The van der Waals surface area contributed by atoms with Crippen LogP contribution in [0.3, 0.4) is 0 Å². The van der Waals surface area contributed by atoms with Crippen molar-refractivity contribution in [3.05, 3.63) is 40.4 Å². The molecule has 0 saturated carbocycles. The van der Waals surface area contributed by atoms with Gasteiger partial charge in [0.15, 0.2) is 0 Å². The number of thiazole rings is 1. The quantitative estimate of drug-likeness (QED) is 0.832. The monoisotopic (exact) mass is 357 g/mol. The van der Waals surface area contributed by atoms with E-state index in [1.165, 1.54) is 12.4 Å². The largest absolute Gasteiger partial charge is 0.337 e. The maximum atomic E-state index is 12.6. The third-order valence-corrected chi connectivity index (χ3v) is 5.75. The molecule has 2 amide bonds. The second kappa shape index (κ2) is 6.18. The van der Waals surface area contributed by atoms with Gasteiger partial charge in [-0.1, -0.05) is 0 Å². The molecule has 2 aliphatic heterocycles. The number of hydrogen-bond acceptors (Lipinski definition) is 6. The maximum absolute atomic E-state index is 12.6. The summed E-state index contributed by atoms with van der Waals surface area (Å²) in [6, 6.07) is 0. The van der Waals surface area contributed by atoms with Crippen LogP contribution in [0, 0.1) is 12.3 Å². The molecule has 2 aromatic rings. The number of nitrogens with zero attached hydrogens (tertiary/aromatic N) is 5. The molecule has 0 aromatic carbocycles. The van der Waals surface area contributed by atoms with E-state index >= 15 is 0 Å².